The molecule has 3 fully saturated rings. The van der Waals surface area contributed by atoms with Gasteiger partial charge in [0.15, 0.2) is 0 Å². The van der Waals surface area contributed by atoms with Crippen LogP contribution in [-0.4, -0.2) is 32.3 Å². The summed E-state index contributed by atoms with van der Waals surface area (Å²) in [7, 11) is -3.75. The molecule has 166 valence electrons. The molecule has 1 heterocycles. The number of fused-ring (bicyclic) bond motifs is 1. The Labute approximate surface area is 169 Å². The van der Waals surface area contributed by atoms with E-state index in [4.69, 9.17) is 4.18 Å². The van der Waals surface area contributed by atoms with Crippen molar-refractivity contribution in [2.75, 3.05) is 6.26 Å². The Kier molecular flexibility index (Phi) is 4.90. The number of amides is 1. The van der Waals surface area contributed by atoms with Crippen molar-refractivity contribution in [3.63, 3.8) is 0 Å². The van der Waals surface area contributed by atoms with Crippen LogP contribution in [-0.2, 0) is 25.3 Å². The Morgan fingerprint density at radius 2 is 1.93 bits per heavy atom. The highest BCUT2D eigenvalue weighted by Gasteiger charge is 2.65. The Balaban J connectivity index is 1.51. The van der Waals surface area contributed by atoms with Gasteiger partial charge in [-0.1, -0.05) is 0 Å². The van der Waals surface area contributed by atoms with Gasteiger partial charge in [-0.05, 0) is 43.7 Å². The summed E-state index contributed by atoms with van der Waals surface area (Å²) in [4.78, 5) is 12.7. The number of hydrogen-bond acceptors (Lipinski definition) is 5. The normalized spacial score (nSPS) is 29.4. The lowest BCUT2D eigenvalue weighted by molar-refractivity contribution is -0.140. The molecule has 0 aromatic heterocycles. The van der Waals surface area contributed by atoms with Crippen molar-refractivity contribution in [1.82, 2.24) is 10.6 Å². The molecule has 12 heteroatoms. The van der Waals surface area contributed by atoms with E-state index in [1.807, 2.05) is 0 Å². The molecular weight excluding hydrogens is 435 g/mol. The molecule has 3 aliphatic rings. The zero-order chi connectivity index (χ0) is 22.1. The van der Waals surface area contributed by atoms with Crippen LogP contribution in [0.1, 0.15) is 42.9 Å². The summed E-state index contributed by atoms with van der Waals surface area (Å²) in [6.07, 6.45) is -2.21. The molecule has 2 saturated carbocycles. The summed E-state index contributed by atoms with van der Waals surface area (Å²) < 4.78 is 94.7. The van der Waals surface area contributed by atoms with Crippen molar-refractivity contribution in [2.45, 2.75) is 49.7 Å². The largest absolute Gasteiger partial charge is 0.419 e. The van der Waals surface area contributed by atoms with E-state index in [0.29, 0.717) is 31.7 Å². The number of alkyl halides is 3. The van der Waals surface area contributed by atoms with Crippen molar-refractivity contribution >= 4 is 16.0 Å². The third-order valence-corrected chi connectivity index (χ3v) is 6.32. The third kappa shape index (κ3) is 4.17. The Bertz CT molecular complexity index is 995. The van der Waals surface area contributed by atoms with E-state index in [1.54, 1.807) is 0 Å². The Morgan fingerprint density at radius 3 is 2.50 bits per heavy atom. The zero-order valence-electron chi connectivity index (χ0n) is 15.7. The summed E-state index contributed by atoms with van der Waals surface area (Å²) >= 11 is 0. The van der Waals surface area contributed by atoms with E-state index in [9.17, 15) is 35.2 Å². The van der Waals surface area contributed by atoms with Gasteiger partial charge in [-0.15, -0.1) is 0 Å². The highest BCUT2D eigenvalue weighted by molar-refractivity contribution is 7.86. The lowest BCUT2D eigenvalue weighted by atomic mass is 9.98. The zero-order valence-corrected chi connectivity index (χ0v) is 16.5. The highest BCUT2D eigenvalue weighted by Crippen LogP contribution is 2.53. The van der Waals surface area contributed by atoms with Gasteiger partial charge in [0.25, 0.3) is 10.1 Å². The number of halogens is 5. The topological polar surface area (TPSA) is 84.5 Å². The molecule has 4 rings (SSSR count). The number of carbonyl (C=O) groups excluding carboxylic acids is 1. The quantitative estimate of drug-likeness (QED) is 0.510. The minimum Gasteiger partial charge on any atom is -0.348 e. The van der Waals surface area contributed by atoms with Gasteiger partial charge in [-0.25, -0.2) is 13.0 Å². The fourth-order valence-electron chi connectivity index (χ4n) is 4.12. The first-order valence-corrected chi connectivity index (χ1v) is 11.2. The van der Waals surface area contributed by atoms with E-state index in [1.165, 1.54) is 0 Å². The molecule has 6 nitrogen and oxygen atoms in total. The average Bonchev–Trinajstić information content (AvgIpc) is 3.50. The Hall–Kier alpha value is -1.79. The smallest absolute Gasteiger partial charge is 0.348 e. The van der Waals surface area contributed by atoms with Crippen molar-refractivity contribution < 1.29 is 39.3 Å². The van der Waals surface area contributed by atoms with Gasteiger partial charge in [0.2, 0.25) is 5.91 Å². The van der Waals surface area contributed by atoms with Gasteiger partial charge in [-0.2, -0.15) is 21.6 Å². The van der Waals surface area contributed by atoms with Crippen LogP contribution < -0.4 is 10.6 Å². The second-order valence-electron chi connectivity index (χ2n) is 8.19. The Morgan fingerprint density at radius 1 is 1.27 bits per heavy atom. The van der Waals surface area contributed by atoms with Gasteiger partial charge in [0.1, 0.15) is 17.4 Å². The molecular formula is C18H19F5N2O4S. The molecule has 0 bridgehead atoms. The predicted molar refractivity (Wildman–Crippen MR) is 93.3 cm³/mol. The maximum Gasteiger partial charge on any atom is 0.419 e. The summed E-state index contributed by atoms with van der Waals surface area (Å²) in [6, 6.07) is -1.21. The van der Waals surface area contributed by atoms with Crippen molar-refractivity contribution in [2.24, 2.45) is 11.8 Å². The number of benzene rings is 1. The number of rotatable bonds is 6. The summed E-state index contributed by atoms with van der Waals surface area (Å²) in [5, 5.41) is 5.43. The van der Waals surface area contributed by atoms with Gasteiger partial charge < -0.3 is 5.32 Å². The van der Waals surface area contributed by atoms with Crippen LogP contribution in [0, 0.1) is 23.5 Å². The van der Waals surface area contributed by atoms with E-state index >= 15 is 0 Å². The summed E-state index contributed by atoms with van der Waals surface area (Å²) in [6.45, 7) is 0. The molecule has 4 atom stereocenters. The molecule has 1 amide bonds. The molecule has 0 spiro atoms. The first-order valence-electron chi connectivity index (χ1n) is 9.34. The summed E-state index contributed by atoms with van der Waals surface area (Å²) in [5.74, 6) is -3.84. The van der Waals surface area contributed by atoms with Gasteiger partial charge in [-0.3, -0.25) is 10.1 Å². The number of hydrogen-bond donors (Lipinski definition) is 2. The second kappa shape index (κ2) is 6.86. The first-order chi connectivity index (χ1) is 13.8. The fourth-order valence-corrected chi connectivity index (χ4v) is 4.91. The van der Waals surface area contributed by atoms with Crippen LogP contribution in [0.4, 0.5) is 22.0 Å². The molecule has 2 N–H and O–H groups in total. The van der Waals surface area contributed by atoms with Gasteiger partial charge in [0, 0.05) is 11.5 Å². The van der Waals surface area contributed by atoms with Crippen LogP contribution >= 0.6 is 0 Å². The molecule has 1 aliphatic heterocycles. The number of carbonyl (C=O) groups is 1. The predicted octanol–water partition coefficient (Wildman–Crippen LogP) is 2.61. The van der Waals surface area contributed by atoms with Crippen molar-refractivity contribution in [1.29, 1.82) is 0 Å². The van der Waals surface area contributed by atoms with Crippen LogP contribution in [0.25, 0.3) is 0 Å². The molecule has 0 unspecified atom stereocenters. The molecule has 1 saturated heterocycles. The van der Waals surface area contributed by atoms with E-state index in [0.717, 1.165) is 6.26 Å². The van der Waals surface area contributed by atoms with Crippen LogP contribution in [0.2, 0.25) is 0 Å². The molecule has 30 heavy (non-hydrogen) atoms. The van der Waals surface area contributed by atoms with Crippen LogP contribution in [0.3, 0.4) is 0 Å². The van der Waals surface area contributed by atoms with E-state index < -0.39 is 57.2 Å². The van der Waals surface area contributed by atoms with Gasteiger partial charge >= 0.3 is 6.18 Å². The van der Waals surface area contributed by atoms with Crippen molar-refractivity contribution in [3.05, 3.63) is 34.9 Å². The molecule has 1 aromatic carbocycles. The SMILES string of the molecule is CS(=O)(=O)O[C@]12C[C@H]1C[C@H](C(=O)N[C@@H](c1cc(F)c(C(F)(F)F)cc1F)C1CC1)N2. The average molecular weight is 454 g/mol. The fraction of sp³-hybridized carbons (Fsp3) is 0.611. The number of nitrogens with one attached hydrogen (secondary N) is 2. The highest BCUT2D eigenvalue weighted by atomic mass is 32.2. The molecule has 0 radical (unpaired) electrons. The molecule has 2 aliphatic carbocycles. The maximum atomic E-state index is 14.4. The lowest BCUT2D eigenvalue weighted by Crippen LogP contribution is -2.48. The second-order valence-corrected chi connectivity index (χ2v) is 9.76. The minimum absolute atomic E-state index is 0.101. The summed E-state index contributed by atoms with van der Waals surface area (Å²) in [5.41, 5.74) is -3.18. The minimum atomic E-state index is -5.04. The van der Waals surface area contributed by atoms with Gasteiger partial charge in [0.05, 0.1) is 23.9 Å². The molecule has 1 aromatic rings. The monoisotopic (exact) mass is 454 g/mol. The maximum absolute atomic E-state index is 14.4. The first kappa shape index (κ1) is 21.4. The standard InChI is InChI=1S/C18H19F5N2O4S/c1-30(27,28)29-17-7-9(17)4-14(25-17)16(26)24-15(8-2-3-8)10-5-13(20)11(6-12(10)19)18(21,22)23/h5-6,8-9,14-15,25H,2-4,7H2,1H3,(H,24,26)/t9-,14-,15-,17-/m1/s1. The van der Waals surface area contributed by atoms with E-state index in [2.05, 4.69) is 10.6 Å². The van der Waals surface area contributed by atoms with E-state index in [-0.39, 0.29) is 23.5 Å². The van der Waals surface area contributed by atoms with Crippen LogP contribution in [0.5, 0.6) is 0 Å². The van der Waals surface area contributed by atoms with Crippen molar-refractivity contribution in [3.8, 4) is 0 Å². The number of piperidine rings is 1. The van der Waals surface area contributed by atoms with Crippen LogP contribution in [0.15, 0.2) is 12.1 Å². The lowest BCUT2D eigenvalue weighted by Gasteiger charge is -2.24. The third-order valence-electron chi connectivity index (χ3n) is 5.72.